The Morgan fingerprint density at radius 1 is 1.12 bits per heavy atom. The molecule has 1 atom stereocenters. The standard InChI is InChI=1S/C25H29N3O5.ClH/c1-2-32-23(29)14-17-13-20-7-8-21(15-22(20)33-16-17)27-25(30)19-5-3-18(4-6-19)24(26)28-9-11-31-12-10-28;/h3-8,15,17,26H,2,9-14,16H2,1H3,(H,27,30);1H. The van der Waals surface area contributed by atoms with Gasteiger partial charge < -0.3 is 24.4 Å². The summed E-state index contributed by atoms with van der Waals surface area (Å²) in [5, 5.41) is 11.3. The van der Waals surface area contributed by atoms with Crippen LogP contribution >= 0.6 is 12.4 Å². The number of rotatable bonds is 6. The summed E-state index contributed by atoms with van der Waals surface area (Å²) in [4.78, 5) is 26.4. The van der Waals surface area contributed by atoms with Gasteiger partial charge in [0.25, 0.3) is 5.91 Å². The van der Waals surface area contributed by atoms with Gasteiger partial charge in [0, 0.05) is 41.9 Å². The first-order chi connectivity index (χ1) is 16.0. The molecule has 0 spiro atoms. The van der Waals surface area contributed by atoms with Gasteiger partial charge in [0.1, 0.15) is 11.6 Å². The molecule has 0 saturated carbocycles. The maximum Gasteiger partial charge on any atom is 0.306 e. The monoisotopic (exact) mass is 487 g/mol. The molecule has 2 heterocycles. The van der Waals surface area contributed by atoms with Crippen LogP contribution in [0.4, 0.5) is 5.69 Å². The van der Waals surface area contributed by atoms with E-state index in [0.717, 1.165) is 23.3 Å². The zero-order valence-corrected chi connectivity index (χ0v) is 20.0. The van der Waals surface area contributed by atoms with Crippen LogP contribution in [-0.2, 0) is 20.7 Å². The van der Waals surface area contributed by atoms with E-state index < -0.39 is 0 Å². The van der Waals surface area contributed by atoms with Crippen molar-refractivity contribution in [3.05, 3.63) is 59.2 Å². The van der Waals surface area contributed by atoms with Crippen LogP contribution in [0.3, 0.4) is 0 Å². The van der Waals surface area contributed by atoms with Crippen molar-refractivity contribution in [2.75, 3.05) is 44.8 Å². The molecule has 0 bridgehead atoms. The number of nitrogens with one attached hydrogen (secondary N) is 2. The number of carbonyl (C=O) groups excluding carboxylic acids is 2. The van der Waals surface area contributed by atoms with Crippen LogP contribution in [0.25, 0.3) is 0 Å². The van der Waals surface area contributed by atoms with Crippen LogP contribution in [0.2, 0.25) is 0 Å². The molecule has 0 radical (unpaired) electrons. The molecule has 182 valence electrons. The fourth-order valence-electron chi connectivity index (χ4n) is 4.05. The largest absolute Gasteiger partial charge is 0.493 e. The molecule has 2 aliphatic rings. The van der Waals surface area contributed by atoms with E-state index in [0.29, 0.717) is 63.0 Å². The number of hydrogen-bond donors (Lipinski definition) is 2. The number of carbonyl (C=O) groups is 2. The smallest absolute Gasteiger partial charge is 0.306 e. The fourth-order valence-corrected chi connectivity index (χ4v) is 4.05. The molecule has 2 N–H and O–H groups in total. The summed E-state index contributed by atoms with van der Waals surface area (Å²) in [6.45, 7) is 5.27. The number of nitrogens with zero attached hydrogens (tertiary/aromatic N) is 1. The van der Waals surface area contributed by atoms with E-state index in [4.69, 9.17) is 19.6 Å². The molecule has 4 rings (SSSR count). The molecule has 34 heavy (non-hydrogen) atoms. The van der Waals surface area contributed by atoms with Gasteiger partial charge in [-0.15, -0.1) is 12.4 Å². The van der Waals surface area contributed by atoms with Gasteiger partial charge in [-0.25, -0.2) is 0 Å². The second-order valence-electron chi connectivity index (χ2n) is 8.19. The minimum Gasteiger partial charge on any atom is -0.493 e. The Morgan fingerprint density at radius 3 is 2.53 bits per heavy atom. The van der Waals surface area contributed by atoms with Crippen LogP contribution in [0.1, 0.15) is 34.8 Å². The van der Waals surface area contributed by atoms with Gasteiger partial charge in [-0.05, 0) is 37.1 Å². The third kappa shape index (κ3) is 6.27. The van der Waals surface area contributed by atoms with Crippen molar-refractivity contribution < 1.29 is 23.8 Å². The molecule has 9 heteroatoms. The Labute approximate surface area is 205 Å². The van der Waals surface area contributed by atoms with Gasteiger partial charge in [-0.2, -0.15) is 0 Å². The molecular formula is C25H30ClN3O5. The molecule has 1 fully saturated rings. The van der Waals surface area contributed by atoms with E-state index in [2.05, 4.69) is 5.32 Å². The summed E-state index contributed by atoms with van der Waals surface area (Å²) in [6.07, 6.45) is 1.07. The summed E-state index contributed by atoms with van der Waals surface area (Å²) in [5.41, 5.74) is 2.95. The number of hydrogen-bond acceptors (Lipinski definition) is 6. The highest BCUT2D eigenvalue weighted by Crippen LogP contribution is 2.31. The van der Waals surface area contributed by atoms with Gasteiger partial charge in [0.05, 0.1) is 32.8 Å². The topological polar surface area (TPSA) is 101 Å². The van der Waals surface area contributed by atoms with E-state index in [1.165, 1.54) is 0 Å². The van der Waals surface area contributed by atoms with Gasteiger partial charge in [0.2, 0.25) is 0 Å². The van der Waals surface area contributed by atoms with Crippen molar-refractivity contribution in [2.45, 2.75) is 19.8 Å². The van der Waals surface area contributed by atoms with E-state index in [9.17, 15) is 9.59 Å². The second kappa shape index (κ2) is 11.9. The van der Waals surface area contributed by atoms with Crippen molar-refractivity contribution in [1.29, 1.82) is 5.41 Å². The Kier molecular flexibility index (Phi) is 8.90. The average Bonchev–Trinajstić information content (AvgIpc) is 2.84. The predicted molar refractivity (Wildman–Crippen MR) is 131 cm³/mol. The summed E-state index contributed by atoms with van der Waals surface area (Å²) in [5.74, 6) is 0.826. The van der Waals surface area contributed by atoms with Crippen molar-refractivity contribution in [1.82, 2.24) is 4.90 Å². The fraction of sp³-hybridized carbons (Fsp3) is 0.400. The summed E-state index contributed by atoms with van der Waals surface area (Å²) < 4.78 is 16.2. The highest BCUT2D eigenvalue weighted by atomic mass is 35.5. The van der Waals surface area contributed by atoms with Gasteiger partial charge in [-0.3, -0.25) is 15.0 Å². The molecule has 2 aliphatic heterocycles. The average molecular weight is 488 g/mol. The maximum absolute atomic E-state index is 12.7. The zero-order chi connectivity index (χ0) is 23.2. The SMILES string of the molecule is CCOC(=O)CC1COc2cc(NC(=O)c3ccc(C(=N)N4CCOCC4)cc3)ccc2C1.Cl. The lowest BCUT2D eigenvalue weighted by atomic mass is 9.94. The van der Waals surface area contributed by atoms with Crippen LogP contribution in [0.5, 0.6) is 5.75 Å². The molecule has 0 aliphatic carbocycles. The Bertz CT molecular complexity index is 1020. The third-order valence-electron chi connectivity index (χ3n) is 5.82. The van der Waals surface area contributed by atoms with Crippen molar-refractivity contribution in [3.8, 4) is 5.75 Å². The lowest BCUT2D eigenvalue weighted by Gasteiger charge is -2.29. The molecule has 1 amide bonds. The van der Waals surface area contributed by atoms with E-state index in [1.807, 2.05) is 23.1 Å². The van der Waals surface area contributed by atoms with Crippen LogP contribution in [-0.4, -0.2) is 62.1 Å². The quantitative estimate of drug-likeness (QED) is 0.367. The Balaban J connectivity index is 0.00000324. The first kappa shape index (κ1) is 25.5. The first-order valence-electron chi connectivity index (χ1n) is 11.3. The highest BCUT2D eigenvalue weighted by molar-refractivity contribution is 6.05. The molecule has 2 aromatic carbocycles. The van der Waals surface area contributed by atoms with E-state index in [-0.39, 0.29) is 30.2 Å². The number of esters is 1. The first-order valence-corrected chi connectivity index (χ1v) is 11.3. The lowest BCUT2D eigenvalue weighted by molar-refractivity contribution is -0.144. The molecule has 2 aromatic rings. The van der Waals surface area contributed by atoms with Gasteiger partial charge in [-0.1, -0.05) is 18.2 Å². The minimum atomic E-state index is -0.226. The van der Waals surface area contributed by atoms with Gasteiger partial charge >= 0.3 is 5.97 Å². The molecule has 8 nitrogen and oxygen atoms in total. The number of halogens is 1. The Morgan fingerprint density at radius 2 is 1.82 bits per heavy atom. The van der Waals surface area contributed by atoms with Gasteiger partial charge in [0.15, 0.2) is 0 Å². The maximum atomic E-state index is 12.7. The minimum absolute atomic E-state index is 0. The van der Waals surface area contributed by atoms with Crippen molar-refractivity contribution in [3.63, 3.8) is 0 Å². The highest BCUT2D eigenvalue weighted by Gasteiger charge is 2.23. The molecule has 1 unspecified atom stereocenters. The zero-order valence-electron chi connectivity index (χ0n) is 19.2. The number of amidine groups is 1. The molecular weight excluding hydrogens is 458 g/mol. The number of benzene rings is 2. The number of ether oxygens (including phenoxy) is 3. The molecule has 1 saturated heterocycles. The molecule has 0 aromatic heterocycles. The van der Waals surface area contributed by atoms with E-state index >= 15 is 0 Å². The summed E-state index contributed by atoms with van der Waals surface area (Å²) in [6, 6.07) is 12.6. The second-order valence-corrected chi connectivity index (χ2v) is 8.19. The predicted octanol–water partition coefficient (Wildman–Crippen LogP) is 3.52. The number of morpholine rings is 1. The van der Waals surface area contributed by atoms with E-state index in [1.54, 1.807) is 31.2 Å². The van der Waals surface area contributed by atoms with Crippen molar-refractivity contribution >= 4 is 35.8 Å². The van der Waals surface area contributed by atoms with Crippen molar-refractivity contribution in [2.24, 2.45) is 5.92 Å². The summed E-state index contributed by atoms with van der Waals surface area (Å²) >= 11 is 0. The third-order valence-corrected chi connectivity index (χ3v) is 5.82. The summed E-state index contributed by atoms with van der Waals surface area (Å²) in [7, 11) is 0. The van der Waals surface area contributed by atoms with Crippen LogP contribution < -0.4 is 10.1 Å². The number of amides is 1. The normalized spacial score (nSPS) is 17.0. The lowest BCUT2D eigenvalue weighted by Crippen LogP contribution is -2.40. The van der Waals surface area contributed by atoms with Crippen LogP contribution in [0, 0.1) is 11.3 Å². The number of anilines is 1. The Hall–Kier alpha value is -3.10. The van der Waals surface area contributed by atoms with Crippen LogP contribution in [0.15, 0.2) is 42.5 Å². The number of fused-ring (bicyclic) bond motifs is 1.